The maximum atomic E-state index is 11.7. The second-order valence-electron chi connectivity index (χ2n) is 4.02. The van der Waals surface area contributed by atoms with E-state index < -0.39 is 5.63 Å². The average molecular weight is 259 g/mol. The monoisotopic (exact) mass is 259 g/mol. The fraction of sp³-hybridized carbons (Fsp3) is 0.286. The first kappa shape index (κ1) is 13.3. The molecule has 0 aromatic carbocycles. The van der Waals surface area contributed by atoms with Gasteiger partial charge in [0.05, 0.1) is 13.2 Å². The quantitative estimate of drug-likeness (QED) is 0.838. The van der Waals surface area contributed by atoms with Crippen LogP contribution in [-0.4, -0.2) is 14.2 Å². The van der Waals surface area contributed by atoms with Crippen LogP contribution in [0.2, 0.25) is 0 Å². The highest BCUT2D eigenvalue weighted by atomic mass is 16.5. The third kappa shape index (κ3) is 2.36. The minimum absolute atomic E-state index is 0.00982. The van der Waals surface area contributed by atoms with Crippen LogP contribution in [0.3, 0.4) is 0 Å². The predicted octanol–water partition coefficient (Wildman–Crippen LogP) is 1.91. The molecule has 0 radical (unpaired) electrons. The smallest absolute Gasteiger partial charge is 0.355 e. The van der Waals surface area contributed by atoms with Crippen molar-refractivity contribution in [1.82, 2.24) is 0 Å². The van der Waals surface area contributed by atoms with E-state index in [4.69, 9.17) is 19.2 Å². The topological polar surface area (TPSA) is 72.5 Å². The van der Waals surface area contributed by atoms with Crippen LogP contribution >= 0.6 is 0 Å². The molecule has 0 amide bonds. The molecule has 5 nitrogen and oxygen atoms in total. The van der Waals surface area contributed by atoms with Crippen molar-refractivity contribution >= 4 is 0 Å². The van der Waals surface area contributed by atoms with Crippen molar-refractivity contribution < 1.29 is 13.9 Å². The van der Waals surface area contributed by atoms with E-state index in [1.54, 1.807) is 26.4 Å². The number of furan rings is 1. The van der Waals surface area contributed by atoms with Crippen molar-refractivity contribution in [2.24, 2.45) is 0 Å². The summed E-state index contributed by atoms with van der Waals surface area (Å²) >= 11 is 0. The van der Waals surface area contributed by atoms with E-state index in [0.717, 1.165) is 11.1 Å². The first-order valence-corrected chi connectivity index (χ1v) is 5.68. The van der Waals surface area contributed by atoms with Gasteiger partial charge in [0.25, 0.3) is 0 Å². The van der Waals surface area contributed by atoms with Crippen molar-refractivity contribution in [2.75, 3.05) is 14.2 Å². The van der Waals surface area contributed by atoms with Gasteiger partial charge in [0.1, 0.15) is 17.4 Å². The fourth-order valence-corrected chi connectivity index (χ4v) is 2.03. The molecule has 0 bridgehead atoms. The summed E-state index contributed by atoms with van der Waals surface area (Å²) in [6, 6.07) is 7.33. The van der Waals surface area contributed by atoms with Gasteiger partial charge in [-0.25, -0.2) is 4.79 Å². The Morgan fingerprint density at radius 1 is 1.21 bits per heavy atom. The third-order valence-corrected chi connectivity index (χ3v) is 2.80. The zero-order valence-electron chi connectivity index (χ0n) is 10.7. The molecule has 1 aliphatic heterocycles. The lowest BCUT2D eigenvalue weighted by atomic mass is 10.0. The molecule has 0 fully saturated rings. The number of hydrogen-bond donors (Lipinski definition) is 0. The lowest BCUT2D eigenvalue weighted by Crippen LogP contribution is -1.97. The molecule has 0 N–H and O–H groups in total. The number of hydrogen-bond acceptors (Lipinski definition) is 5. The van der Waals surface area contributed by atoms with Crippen molar-refractivity contribution in [3.05, 3.63) is 45.3 Å². The van der Waals surface area contributed by atoms with Gasteiger partial charge in [-0.05, 0) is 5.56 Å². The Labute approximate surface area is 110 Å². The van der Waals surface area contributed by atoms with Crippen LogP contribution in [0.25, 0.3) is 11.3 Å². The van der Waals surface area contributed by atoms with E-state index in [1.807, 2.05) is 12.1 Å². The van der Waals surface area contributed by atoms with Crippen LogP contribution in [0.1, 0.15) is 16.7 Å². The lowest BCUT2D eigenvalue weighted by molar-refractivity contribution is 0.183. The van der Waals surface area contributed by atoms with Gasteiger partial charge in [-0.2, -0.15) is 5.26 Å². The Bertz CT molecular complexity index is 654. The fourth-order valence-electron chi connectivity index (χ4n) is 2.03. The second-order valence-corrected chi connectivity index (χ2v) is 4.02. The molecule has 0 aromatic rings. The van der Waals surface area contributed by atoms with Gasteiger partial charge in [-0.15, -0.1) is 0 Å². The molecule has 1 heterocycles. The first-order chi connectivity index (χ1) is 9.22. The summed E-state index contributed by atoms with van der Waals surface area (Å²) in [6.07, 6.45) is 0. The first-order valence-electron chi connectivity index (χ1n) is 5.68. The SMILES string of the molecule is COCc1cccc(COC)c2c(C#N)c(=O)oc1-2. The molecule has 2 rings (SSSR count). The van der Waals surface area contributed by atoms with Crippen LogP contribution in [0.5, 0.6) is 0 Å². The predicted molar refractivity (Wildman–Crippen MR) is 67.7 cm³/mol. The summed E-state index contributed by atoms with van der Waals surface area (Å²) in [5.41, 5.74) is 1.35. The standard InChI is InChI=1S/C14H13NO4/c1-17-7-9-4-3-5-10(8-18-2)13-12(9)11(6-15)14(16)19-13/h3-5H,7-8H2,1-2H3. The molecular weight excluding hydrogens is 246 g/mol. The Morgan fingerprint density at radius 3 is 2.47 bits per heavy atom. The minimum atomic E-state index is -0.626. The van der Waals surface area contributed by atoms with Gasteiger partial charge in [0.15, 0.2) is 0 Å². The van der Waals surface area contributed by atoms with Gasteiger partial charge < -0.3 is 13.9 Å². The normalized spacial score (nSPS) is 10.6. The van der Waals surface area contributed by atoms with E-state index in [1.165, 1.54) is 0 Å². The molecule has 0 aromatic heterocycles. The van der Waals surface area contributed by atoms with Gasteiger partial charge in [-0.1, -0.05) is 18.2 Å². The average Bonchev–Trinajstić information content (AvgIpc) is 2.64. The molecule has 0 atom stereocenters. The maximum Gasteiger partial charge on any atom is 0.355 e. The minimum Gasteiger partial charge on any atom is -0.421 e. The number of fused-ring (bicyclic) bond motifs is 1. The third-order valence-electron chi connectivity index (χ3n) is 2.80. The van der Waals surface area contributed by atoms with Crippen molar-refractivity contribution in [1.29, 1.82) is 5.26 Å². The Hall–Kier alpha value is -2.16. The van der Waals surface area contributed by atoms with E-state index in [-0.39, 0.29) is 5.56 Å². The summed E-state index contributed by atoms with van der Waals surface area (Å²) in [5, 5.41) is 9.12. The van der Waals surface area contributed by atoms with E-state index in [9.17, 15) is 4.79 Å². The summed E-state index contributed by atoms with van der Waals surface area (Å²) in [6.45, 7) is 0.598. The summed E-state index contributed by atoms with van der Waals surface area (Å²) < 4.78 is 15.4. The van der Waals surface area contributed by atoms with Crippen molar-refractivity contribution in [3.63, 3.8) is 0 Å². The molecule has 1 aliphatic carbocycles. The lowest BCUT2D eigenvalue weighted by Gasteiger charge is -2.04. The summed E-state index contributed by atoms with van der Waals surface area (Å²) in [4.78, 5) is 11.7. The largest absolute Gasteiger partial charge is 0.421 e. The Balaban J connectivity index is 2.77. The van der Waals surface area contributed by atoms with Crippen LogP contribution < -0.4 is 5.63 Å². The zero-order chi connectivity index (χ0) is 13.8. The maximum absolute atomic E-state index is 11.7. The molecule has 0 saturated carbocycles. The van der Waals surface area contributed by atoms with Gasteiger partial charge >= 0.3 is 5.63 Å². The molecule has 0 saturated heterocycles. The molecule has 2 aliphatic rings. The summed E-state index contributed by atoms with van der Waals surface area (Å²) in [7, 11) is 3.11. The highest BCUT2D eigenvalue weighted by Gasteiger charge is 2.23. The van der Waals surface area contributed by atoms with E-state index >= 15 is 0 Å². The number of nitrogens with zero attached hydrogens (tertiary/aromatic N) is 1. The molecular formula is C14H13NO4. The number of ether oxygens (including phenoxy) is 2. The van der Waals surface area contributed by atoms with E-state index in [0.29, 0.717) is 24.5 Å². The zero-order valence-corrected chi connectivity index (χ0v) is 10.7. The highest BCUT2D eigenvalue weighted by molar-refractivity contribution is 5.73. The van der Waals surface area contributed by atoms with Crippen molar-refractivity contribution in [3.8, 4) is 17.4 Å². The van der Waals surface area contributed by atoms with Gasteiger partial charge in [-0.3, -0.25) is 0 Å². The number of methoxy groups -OCH3 is 2. The van der Waals surface area contributed by atoms with Crippen LogP contribution in [0.15, 0.2) is 27.4 Å². The number of nitriles is 1. The molecule has 0 unspecified atom stereocenters. The highest BCUT2D eigenvalue weighted by Crippen LogP contribution is 2.31. The Morgan fingerprint density at radius 2 is 1.84 bits per heavy atom. The van der Waals surface area contributed by atoms with Crippen molar-refractivity contribution in [2.45, 2.75) is 13.2 Å². The molecule has 19 heavy (non-hydrogen) atoms. The van der Waals surface area contributed by atoms with Crippen LogP contribution in [0.4, 0.5) is 0 Å². The Kier molecular flexibility index (Phi) is 3.95. The number of rotatable bonds is 4. The van der Waals surface area contributed by atoms with Gasteiger partial charge in [0, 0.05) is 25.3 Å². The van der Waals surface area contributed by atoms with Crippen LogP contribution in [-0.2, 0) is 22.7 Å². The molecule has 5 heteroatoms. The molecule has 0 spiro atoms. The van der Waals surface area contributed by atoms with Gasteiger partial charge in [0.2, 0.25) is 0 Å². The van der Waals surface area contributed by atoms with Crippen LogP contribution in [0, 0.1) is 11.3 Å². The second kappa shape index (κ2) is 5.65. The summed E-state index contributed by atoms with van der Waals surface area (Å²) in [5.74, 6) is 0.389. The van der Waals surface area contributed by atoms with E-state index in [2.05, 4.69) is 0 Å². The molecule has 98 valence electrons.